The molecule has 100 valence electrons. The van der Waals surface area contributed by atoms with Crippen LogP contribution in [0.4, 0.5) is 0 Å². The summed E-state index contributed by atoms with van der Waals surface area (Å²) in [5.74, 6) is 0.338. The summed E-state index contributed by atoms with van der Waals surface area (Å²) in [6.45, 7) is 0.297. The average molecular weight is 436 g/mol. The number of halogens is 2. The van der Waals surface area contributed by atoms with E-state index < -0.39 is 0 Å². The Bertz CT molecular complexity index is 600. The molecule has 0 radical (unpaired) electrons. The van der Waals surface area contributed by atoms with Gasteiger partial charge in [-0.25, -0.2) is 0 Å². The van der Waals surface area contributed by atoms with Crippen molar-refractivity contribution in [1.29, 1.82) is 0 Å². The lowest BCUT2D eigenvalue weighted by Crippen LogP contribution is -2.16. The molecule has 0 aliphatic carbocycles. The maximum Gasteiger partial charge on any atom is 0.261 e. The van der Waals surface area contributed by atoms with Crippen molar-refractivity contribution in [3.05, 3.63) is 45.2 Å². The molecule has 0 saturated carbocycles. The molecular formula is C12H11BrIN3O2. The molecule has 2 aromatic rings. The van der Waals surface area contributed by atoms with Gasteiger partial charge in [-0.05, 0) is 34.7 Å². The summed E-state index contributed by atoms with van der Waals surface area (Å²) in [6, 6.07) is 7.31. The second-order valence-corrected chi connectivity index (χ2v) is 5.36. The third-order valence-electron chi connectivity index (χ3n) is 2.50. The first-order chi connectivity index (χ1) is 9.11. The van der Waals surface area contributed by atoms with E-state index in [0.29, 0.717) is 18.1 Å². The van der Waals surface area contributed by atoms with Gasteiger partial charge in [-0.1, -0.05) is 6.07 Å². The Kier molecular flexibility index (Phi) is 4.81. The normalized spacial score (nSPS) is 10.3. The molecule has 0 bridgehead atoms. The number of aromatic nitrogens is 2. The zero-order valence-electron chi connectivity index (χ0n) is 10.1. The Morgan fingerprint density at radius 3 is 2.95 bits per heavy atom. The lowest BCUT2D eigenvalue weighted by Gasteiger charge is -2.10. The minimum absolute atomic E-state index is 0.196. The van der Waals surface area contributed by atoms with Crippen molar-refractivity contribution in [1.82, 2.24) is 14.1 Å². The summed E-state index contributed by atoms with van der Waals surface area (Å²) in [5.41, 5.74) is 1.42. The predicted octanol–water partition coefficient (Wildman–Crippen LogP) is 2.64. The lowest BCUT2D eigenvalue weighted by molar-refractivity contribution is 0.0984. The van der Waals surface area contributed by atoms with Crippen LogP contribution in [0.1, 0.15) is 15.9 Å². The van der Waals surface area contributed by atoms with E-state index in [1.54, 1.807) is 23.0 Å². The summed E-state index contributed by atoms with van der Waals surface area (Å²) >= 11 is 5.13. The maximum atomic E-state index is 11.8. The fourth-order valence-electron chi connectivity index (χ4n) is 1.59. The number of carbonyl (C=O) groups is 1. The van der Waals surface area contributed by atoms with Crippen LogP contribution in [-0.2, 0) is 13.7 Å². The Hall–Kier alpha value is -1.09. The van der Waals surface area contributed by atoms with Crippen molar-refractivity contribution < 1.29 is 9.53 Å². The molecule has 19 heavy (non-hydrogen) atoms. The van der Waals surface area contributed by atoms with Crippen LogP contribution in [0.2, 0.25) is 0 Å². The number of carbonyl (C=O) groups excluding carboxylic acids is 1. The van der Waals surface area contributed by atoms with Gasteiger partial charge in [-0.15, -0.1) is 5.10 Å². The van der Waals surface area contributed by atoms with Crippen LogP contribution >= 0.6 is 38.7 Å². The Morgan fingerprint density at radius 1 is 1.53 bits per heavy atom. The smallest absolute Gasteiger partial charge is 0.261 e. The van der Waals surface area contributed by atoms with E-state index in [4.69, 9.17) is 4.74 Å². The number of ether oxygens (including phenoxy) is 1. The van der Waals surface area contributed by atoms with Crippen molar-refractivity contribution in [3.8, 4) is 5.88 Å². The second-order valence-electron chi connectivity index (χ2n) is 3.81. The number of aryl methyl sites for hydroxylation is 1. The third kappa shape index (κ3) is 3.47. The fourth-order valence-corrected chi connectivity index (χ4v) is 2.45. The molecule has 0 aliphatic heterocycles. The van der Waals surface area contributed by atoms with Crippen molar-refractivity contribution in [3.63, 3.8) is 0 Å². The lowest BCUT2D eigenvalue weighted by atomic mass is 10.1. The Morgan fingerprint density at radius 2 is 2.32 bits per heavy atom. The van der Waals surface area contributed by atoms with Gasteiger partial charge in [0.1, 0.15) is 6.61 Å². The van der Waals surface area contributed by atoms with Crippen LogP contribution in [0, 0.1) is 3.57 Å². The first kappa shape index (κ1) is 14.3. The van der Waals surface area contributed by atoms with E-state index in [9.17, 15) is 4.79 Å². The van der Waals surface area contributed by atoms with Crippen LogP contribution in [-0.4, -0.2) is 15.7 Å². The van der Waals surface area contributed by atoms with Gasteiger partial charge >= 0.3 is 0 Å². The van der Waals surface area contributed by atoms with E-state index in [2.05, 4.69) is 48.2 Å². The van der Waals surface area contributed by atoms with Gasteiger partial charge in [0.2, 0.25) is 5.88 Å². The number of hydrogen-bond acceptors (Lipinski definition) is 3. The zero-order valence-corrected chi connectivity index (χ0v) is 13.8. The molecule has 1 N–H and O–H groups in total. The molecule has 7 heteroatoms. The standard InChI is InChI=1S/C12H11BrIN3O2/c1-17-6-5-11(16-17)19-7-9-8(12(18)15-13)3-2-4-10(9)14/h2-6H,7H2,1H3,(H,15,18). The first-order valence-electron chi connectivity index (χ1n) is 5.42. The van der Waals surface area contributed by atoms with Crippen molar-refractivity contribution >= 4 is 44.6 Å². The van der Waals surface area contributed by atoms with Crippen molar-refractivity contribution in [2.75, 3.05) is 0 Å². The largest absolute Gasteiger partial charge is 0.472 e. The SMILES string of the molecule is Cn1ccc(OCc2c(I)cccc2C(=O)NBr)n1. The molecule has 0 unspecified atom stereocenters. The van der Waals surface area contributed by atoms with Crippen molar-refractivity contribution in [2.24, 2.45) is 7.05 Å². The highest BCUT2D eigenvalue weighted by Gasteiger charge is 2.14. The molecule has 2 rings (SSSR count). The van der Waals surface area contributed by atoms with Crippen LogP contribution in [0.15, 0.2) is 30.5 Å². The minimum Gasteiger partial charge on any atom is -0.472 e. The van der Waals surface area contributed by atoms with E-state index >= 15 is 0 Å². The van der Waals surface area contributed by atoms with Gasteiger partial charge in [-0.3, -0.25) is 13.8 Å². The van der Waals surface area contributed by atoms with Gasteiger partial charge in [0.25, 0.3) is 5.91 Å². The molecule has 1 aromatic carbocycles. The second kappa shape index (κ2) is 6.38. The van der Waals surface area contributed by atoms with Gasteiger partial charge < -0.3 is 4.74 Å². The van der Waals surface area contributed by atoms with E-state index in [-0.39, 0.29) is 5.91 Å². The Labute approximate surface area is 132 Å². The maximum absolute atomic E-state index is 11.8. The minimum atomic E-state index is -0.196. The molecule has 1 heterocycles. The van der Waals surface area contributed by atoms with E-state index in [0.717, 1.165) is 9.13 Å². The molecule has 1 aromatic heterocycles. The summed E-state index contributed by atoms with van der Waals surface area (Å²) < 4.78 is 10.7. The van der Waals surface area contributed by atoms with Crippen LogP contribution in [0.5, 0.6) is 5.88 Å². The predicted molar refractivity (Wildman–Crippen MR) is 83.1 cm³/mol. The average Bonchev–Trinajstić information content (AvgIpc) is 2.82. The molecule has 1 amide bonds. The zero-order chi connectivity index (χ0) is 13.8. The number of nitrogens with zero attached hydrogens (tertiary/aromatic N) is 2. The number of hydrogen-bond donors (Lipinski definition) is 1. The van der Waals surface area contributed by atoms with E-state index in [1.807, 2.05) is 19.2 Å². The van der Waals surface area contributed by atoms with Gasteiger partial charge in [0.15, 0.2) is 0 Å². The monoisotopic (exact) mass is 435 g/mol. The molecular weight excluding hydrogens is 425 g/mol. The summed E-state index contributed by atoms with van der Waals surface area (Å²) in [4.78, 5) is 11.8. The molecule has 0 aliphatic rings. The Balaban J connectivity index is 2.21. The molecule has 0 atom stereocenters. The molecule has 0 spiro atoms. The summed E-state index contributed by atoms with van der Waals surface area (Å²) in [6.07, 6.45) is 1.80. The molecule has 0 fully saturated rings. The van der Waals surface area contributed by atoms with Gasteiger partial charge in [0.05, 0.1) is 0 Å². The van der Waals surface area contributed by atoms with Crippen LogP contribution in [0.3, 0.4) is 0 Å². The van der Waals surface area contributed by atoms with Gasteiger partial charge in [-0.2, -0.15) is 0 Å². The third-order valence-corrected chi connectivity index (χ3v) is 3.87. The number of benzene rings is 1. The summed E-state index contributed by atoms with van der Waals surface area (Å²) in [5, 5.41) is 4.13. The number of nitrogens with one attached hydrogen (secondary N) is 1. The first-order valence-corrected chi connectivity index (χ1v) is 7.30. The topological polar surface area (TPSA) is 56.1 Å². The number of amides is 1. The molecule has 0 saturated heterocycles. The highest BCUT2D eigenvalue weighted by molar-refractivity contribution is 14.1. The molecule has 5 nitrogen and oxygen atoms in total. The van der Waals surface area contributed by atoms with Crippen molar-refractivity contribution in [2.45, 2.75) is 6.61 Å². The number of rotatable bonds is 4. The fraction of sp³-hybridized carbons (Fsp3) is 0.167. The summed E-state index contributed by atoms with van der Waals surface area (Å²) in [7, 11) is 1.82. The van der Waals surface area contributed by atoms with Crippen LogP contribution < -0.4 is 9.08 Å². The highest BCUT2D eigenvalue weighted by atomic mass is 127. The van der Waals surface area contributed by atoms with E-state index in [1.165, 1.54) is 0 Å². The quantitative estimate of drug-likeness (QED) is 0.593. The van der Waals surface area contributed by atoms with Crippen LogP contribution in [0.25, 0.3) is 0 Å². The van der Waals surface area contributed by atoms with Gasteiger partial charge in [0, 0.05) is 50.2 Å². The highest BCUT2D eigenvalue weighted by Crippen LogP contribution is 2.19.